The molecule has 0 bridgehead atoms. The average Bonchev–Trinajstić information content (AvgIpc) is 3.73. The zero-order valence-electron chi connectivity index (χ0n) is 24.2. The summed E-state index contributed by atoms with van der Waals surface area (Å²) in [7, 11) is 0. The Balaban J connectivity index is 0.00000417. The number of pyridine rings is 2. The molecule has 3 aromatic heterocycles. The van der Waals surface area contributed by atoms with Gasteiger partial charge >= 0.3 is 29.6 Å². The van der Waals surface area contributed by atoms with Crippen molar-refractivity contribution in [1.82, 2.24) is 19.9 Å². The number of nitrogens with two attached hydrogens (primary N) is 1. The molecule has 2 fully saturated rings. The summed E-state index contributed by atoms with van der Waals surface area (Å²) in [6.45, 7) is -0.253. The molecule has 46 heavy (non-hydrogen) atoms. The van der Waals surface area contributed by atoms with Gasteiger partial charge in [0.1, 0.15) is 22.8 Å². The van der Waals surface area contributed by atoms with Crippen molar-refractivity contribution in [3.05, 3.63) is 75.1 Å². The second kappa shape index (κ2) is 14.1. The third-order valence-corrected chi connectivity index (χ3v) is 10.4. The summed E-state index contributed by atoms with van der Waals surface area (Å²) in [5, 5.41) is 41.4. The Bertz CT molecular complexity index is 1810. The van der Waals surface area contributed by atoms with E-state index in [2.05, 4.69) is 15.5 Å². The van der Waals surface area contributed by atoms with Crippen LogP contribution < -0.4 is 60.8 Å². The van der Waals surface area contributed by atoms with Gasteiger partial charge in [-0.3, -0.25) is 19.3 Å². The number of nitrogen functional groups attached to an aromatic ring is 1. The fourth-order valence-corrected chi connectivity index (χ4v) is 7.57. The summed E-state index contributed by atoms with van der Waals surface area (Å²) in [5.74, 6) is -3.64. The molecular weight excluding hydrogens is 670 g/mol. The zero-order chi connectivity index (χ0) is 31.8. The molecule has 0 unspecified atom stereocenters. The number of hydrogen-bond donors (Lipinski definition) is 3. The van der Waals surface area contributed by atoms with Crippen LogP contribution in [0.2, 0.25) is 0 Å². The number of carbonyl (C=O) groups excluding carboxylic acids is 3. The van der Waals surface area contributed by atoms with Crippen molar-refractivity contribution >= 4 is 63.5 Å². The molecule has 1 saturated carbocycles. The average molecular weight is 694 g/mol. The number of aliphatic carboxylic acids is 1. The SMILES string of the molecule is Nc1nc(/C(=N\OCc2cc(=O)c([O-])cn2O)C(=O)N[C@H]2C(=O)N3C(C(=O)[O-])=C(C[n+]4ccc(SC5CC5)cc4)CS[C@@H]23)cs1.[Na+]. The molecule has 3 aliphatic rings. The number of nitrogens with zero attached hydrogens (tertiary/aromatic N) is 5. The van der Waals surface area contributed by atoms with Gasteiger partial charge in [0, 0.05) is 51.2 Å². The predicted molar refractivity (Wildman–Crippen MR) is 158 cm³/mol. The monoisotopic (exact) mass is 693 g/mol. The molecule has 6 rings (SSSR count). The number of oxime groups is 1. The van der Waals surface area contributed by atoms with E-state index in [0.717, 1.165) is 27.2 Å². The number of β-lactam (4-membered cyclic amide) rings is 1. The molecule has 234 valence electrons. The second-order valence-corrected chi connectivity index (χ2v) is 13.6. The van der Waals surface area contributed by atoms with E-state index in [0.29, 0.717) is 21.8 Å². The van der Waals surface area contributed by atoms with Crippen LogP contribution in [0.15, 0.2) is 68.3 Å². The van der Waals surface area contributed by atoms with Crippen molar-refractivity contribution in [3.8, 4) is 5.75 Å². The maximum absolute atomic E-state index is 13.3. The number of hydrogen-bond acceptors (Lipinski definition) is 14. The van der Waals surface area contributed by atoms with E-state index >= 15 is 0 Å². The maximum atomic E-state index is 13.3. The van der Waals surface area contributed by atoms with Gasteiger partial charge in [-0.2, -0.15) is 4.73 Å². The van der Waals surface area contributed by atoms with Crippen LogP contribution >= 0.6 is 34.9 Å². The van der Waals surface area contributed by atoms with Crippen LogP contribution in [0, 0.1) is 0 Å². The molecule has 15 nitrogen and oxygen atoms in total. The van der Waals surface area contributed by atoms with Gasteiger partial charge in [-0.15, -0.1) is 34.9 Å². The van der Waals surface area contributed by atoms with E-state index in [4.69, 9.17) is 10.6 Å². The van der Waals surface area contributed by atoms with Crippen molar-refractivity contribution < 1.29 is 68.8 Å². The second-order valence-electron chi connectivity index (χ2n) is 10.2. The first-order valence-corrected chi connectivity index (χ1v) is 16.3. The Morgan fingerprint density at radius 1 is 1.28 bits per heavy atom. The van der Waals surface area contributed by atoms with Crippen LogP contribution in [0.1, 0.15) is 24.2 Å². The van der Waals surface area contributed by atoms with E-state index in [1.165, 1.54) is 30.0 Å². The van der Waals surface area contributed by atoms with Crippen molar-refractivity contribution in [3.63, 3.8) is 0 Å². The molecule has 2 amide bonds. The first-order chi connectivity index (χ1) is 21.6. The summed E-state index contributed by atoms with van der Waals surface area (Å²) >= 11 is 4.13. The zero-order valence-corrected chi connectivity index (χ0v) is 28.6. The summed E-state index contributed by atoms with van der Waals surface area (Å²) in [6, 6.07) is 3.73. The summed E-state index contributed by atoms with van der Waals surface area (Å²) in [5.41, 5.74) is 4.68. The number of rotatable bonds is 11. The molecule has 1 saturated heterocycles. The number of nitrogens with one attached hydrogen (secondary N) is 1. The molecule has 1 aliphatic carbocycles. The minimum atomic E-state index is -1.49. The number of thioether (sulfide) groups is 2. The fourth-order valence-electron chi connectivity index (χ4n) is 4.65. The van der Waals surface area contributed by atoms with E-state index in [1.54, 1.807) is 0 Å². The number of carbonyl (C=O) groups is 3. The molecule has 3 aromatic rings. The van der Waals surface area contributed by atoms with Gasteiger partial charge in [0.2, 0.25) is 0 Å². The van der Waals surface area contributed by atoms with Gasteiger partial charge in [-0.1, -0.05) is 5.16 Å². The Morgan fingerprint density at radius 2 is 2.02 bits per heavy atom. The fraction of sp³-hybridized carbons (Fsp3) is 0.296. The van der Waals surface area contributed by atoms with Crippen LogP contribution in [-0.4, -0.2) is 65.7 Å². The Labute approximate surface area is 295 Å². The molecule has 19 heteroatoms. The van der Waals surface area contributed by atoms with Gasteiger partial charge < -0.3 is 36.1 Å². The number of thiazole rings is 1. The van der Waals surface area contributed by atoms with Crippen LogP contribution in [0.5, 0.6) is 5.75 Å². The summed E-state index contributed by atoms with van der Waals surface area (Å²) in [4.78, 5) is 61.9. The molecule has 0 spiro atoms. The Kier molecular flexibility index (Phi) is 10.3. The van der Waals surface area contributed by atoms with E-state index in [1.807, 2.05) is 40.9 Å². The largest absolute Gasteiger partial charge is 1.00 e. The van der Waals surface area contributed by atoms with E-state index in [-0.39, 0.29) is 69.8 Å². The first kappa shape index (κ1) is 33.8. The number of carboxylic acid groups (broad SMARTS) is 1. The molecule has 5 heterocycles. The first-order valence-electron chi connectivity index (χ1n) is 13.5. The summed E-state index contributed by atoms with van der Waals surface area (Å²) < 4.78 is 2.24. The van der Waals surface area contributed by atoms with Crippen molar-refractivity contribution in [1.29, 1.82) is 0 Å². The molecule has 0 aromatic carbocycles. The molecular formula is C27H24N7NaO8S3. The van der Waals surface area contributed by atoms with Crippen molar-refractivity contribution in [2.24, 2.45) is 5.16 Å². The summed E-state index contributed by atoms with van der Waals surface area (Å²) in [6.07, 6.45) is 6.82. The minimum absolute atomic E-state index is 0. The Hall–Kier alpha value is -3.55. The van der Waals surface area contributed by atoms with Crippen LogP contribution in [0.25, 0.3) is 0 Å². The van der Waals surface area contributed by atoms with Crippen LogP contribution in [0.4, 0.5) is 5.13 Å². The molecule has 4 N–H and O–H groups in total. The standard InChI is InChI=1S/C27H25N7O8S3.Na/c28-27-29-17(12-44-27)20(31-42-10-14-7-18(35)19(36)9-33(14)41)23(37)30-21-24(38)34-22(26(39)40)13(11-43-25(21)34)8-32-5-3-16(4-6-32)45-15-1-2-15;/h3-7,9,12,15,21,25,41H,1-2,8,10-11H2,(H4-,28,29,30,36,37,39,40);/q;+1/p-1/b31-20+;/t21-,25-;/m0./s1. The normalized spacial score (nSPS) is 19.2. The quantitative estimate of drug-likeness (QED) is 0.0435. The van der Waals surface area contributed by atoms with Gasteiger partial charge in [0.25, 0.3) is 11.8 Å². The van der Waals surface area contributed by atoms with Crippen molar-refractivity contribution in [2.45, 2.75) is 47.6 Å². The minimum Gasteiger partial charge on any atom is -0.869 e. The number of aromatic nitrogens is 3. The molecule has 0 radical (unpaired) electrons. The predicted octanol–water partition coefficient (Wildman–Crippen LogP) is -4.23. The Morgan fingerprint density at radius 3 is 2.67 bits per heavy atom. The number of fused-ring (bicyclic) bond motifs is 1. The number of carboxylic acids is 1. The van der Waals surface area contributed by atoms with Gasteiger partial charge in [-0.05, 0) is 18.6 Å². The van der Waals surface area contributed by atoms with Gasteiger partial charge in [0.15, 0.2) is 41.8 Å². The molecule has 2 aliphatic heterocycles. The number of anilines is 1. The van der Waals surface area contributed by atoms with Crippen LogP contribution in [0.3, 0.4) is 0 Å². The maximum Gasteiger partial charge on any atom is 1.00 e. The van der Waals surface area contributed by atoms with E-state index in [9.17, 15) is 34.6 Å². The van der Waals surface area contributed by atoms with Crippen molar-refractivity contribution in [2.75, 3.05) is 11.5 Å². The smallest absolute Gasteiger partial charge is 0.869 e. The third kappa shape index (κ3) is 7.21. The van der Waals surface area contributed by atoms with E-state index < -0.39 is 47.0 Å². The van der Waals surface area contributed by atoms with Crippen LogP contribution in [-0.2, 0) is 32.4 Å². The topological polar surface area (TPSA) is 219 Å². The number of amides is 2. The van der Waals surface area contributed by atoms with Gasteiger partial charge in [-0.25, -0.2) is 9.55 Å². The third-order valence-electron chi connectivity index (χ3n) is 7.01. The molecule has 2 atom stereocenters. The van der Waals surface area contributed by atoms with Gasteiger partial charge in [0.05, 0.1) is 11.7 Å².